The third-order valence-corrected chi connectivity index (χ3v) is 6.46. The lowest BCUT2D eigenvalue weighted by molar-refractivity contribution is -0.158. The first-order valence-corrected chi connectivity index (χ1v) is 15.6. The maximum atomic E-state index is 13.8. The summed E-state index contributed by atoms with van der Waals surface area (Å²) in [5.74, 6) is -0.173. The molecule has 0 aliphatic carbocycles. The minimum absolute atomic E-state index is 0.264. The predicted molar refractivity (Wildman–Crippen MR) is 159 cm³/mol. The van der Waals surface area contributed by atoms with Gasteiger partial charge in [-0.15, -0.1) is 5.10 Å². The number of ether oxygens (including phenoxy) is 3. The average molecular weight is 613 g/mol. The van der Waals surface area contributed by atoms with E-state index in [1.54, 1.807) is 90.1 Å². The van der Waals surface area contributed by atoms with Crippen molar-refractivity contribution >= 4 is 35.8 Å². The summed E-state index contributed by atoms with van der Waals surface area (Å²) in [6, 6.07) is -1.55. The topological polar surface area (TPSA) is 145 Å². The van der Waals surface area contributed by atoms with E-state index >= 15 is 0 Å². The van der Waals surface area contributed by atoms with E-state index in [9.17, 15) is 19.2 Å². The molecule has 0 radical (unpaired) electrons. The largest absolute Gasteiger partial charge is 0.460 e. The Morgan fingerprint density at radius 1 is 0.881 bits per heavy atom. The lowest BCUT2D eigenvalue weighted by Gasteiger charge is -2.36. The van der Waals surface area contributed by atoms with Gasteiger partial charge in [-0.1, -0.05) is 5.21 Å². The first kappa shape index (κ1) is 35.2. The highest BCUT2D eigenvalue weighted by atomic mass is 32.2. The normalized spacial score (nSPS) is 16.0. The van der Waals surface area contributed by atoms with E-state index in [1.165, 1.54) is 4.68 Å². The number of carbonyl (C=O) groups is 4. The highest BCUT2D eigenvalue weighted by Crippen LogP contribution is 2.23. The van der Waals surface area contributed by atoms with Crippen molar-refractivity contribution in [3.63, 3.8) is 0 Å². The zero-order valence-electron chi connectivity index (χ0n) is 26.7. The Balaban J connectivity index is 2.27. The van der Waals surface area contributed by atoms with Gasteiger partial charge in [0, 0.05) is 26.2 Å². The molecule has 0 spiro atoms. The van der Waals surface area contributed by atoms with Crippen LogP contribution in [0.25, 0.3) is 0 Å². The van der Waals surface area contributed by atoms with Gasteiger partial charge in [-0.2, -0.15) is 11.8 Å². The van der Waals surface area contributed by atoms with Crippen molar-refractivity contribution in [1.82, 2.24) is 30.1 Å². The standard InChI is InChI=1S/C28H48N6O7S/c1-26(2,3)39-22(35)17-21(23(36)32-12-14-33(15-13-32)25(38)41-28(7,8)9)34-18-20(30-31-34)19(11-16-42-10)29-24(37)40-27(4,5)6/h18-19,21H,11-17H2,1-10H3,(H,29,37)/t19-,21-/m0/s1. The van der Waals surface area contributed by atoms with Gasteiger partial charge in [0.15, 0.2) is 0 Å². The van der Waals surface area contributed by atoms with Crippen LogP contribution in [-0.2, 0) is 23.8 Å². The van der Waals surface area contributed by atoms with E-state index in [1.807, 2.05) is 6.26 Å². The molecule has 238 valence electrons. The second-order valence-electron chi connectivity index (χ2n) is 13.2. The van der Waals surface area contributed by atoms with Crippen molar-refractivity contribution in [2.24, 2.45) is 0 Å². The SMILES string of the molecule is CSCC[C@H](NC(=O)OC(C)(C)C)c1cn([C@@H](CC(=O)OC(C)(C)C)C(=O)N2CCN(C(=O)OC(C)(C)C)CC2)nn1. The van der Waals surface area contributed by atoms with Crippen molar-refractivity contribution in [1.29, 1.82) is 0 Å². The fourth-order valence-electron chi connectivity index (χ4n) is 4.06. The van der Waals surface area contributed by atoms with Crippen LogP contribution in [0.1, 0.15) is 92.9 Å². The molecular weight excluding hydrogens is 564 g/mol. The summed E-state index contributed by atoms with van der Waals surface area (Å²) in [5, 5.41) is 11.3. The number of rotatable bonds is 9. The van der Waals surface area contributed by atoms with E-state index in [0.29, 0.717) is 25.2 Å². The molecular formula is C28H48N6O7S. The average Bonchev–Trinajstić information content (AvgIpc) is 3.31. The third kappa shape index (κ3) is 12.1. The number of hydrogen-bond donors (Lipinski definition) is 1. The molecule has 2 rings (SSSR count). The van der Waals surface area contributed by atoms with Crippen LogP contribution < -0.4 is 5.32 Å². The Morgan fingerprint density at radius 2 is 1.43 bits per heavy atom. The Hall–Kier alpha value is -3.03. The number of piperazine rings is 1. The number of nitrogens with zero attached hydrogens (tertiary/aromatic N) is 5. The molecule has 0 saturated carbocycles. The maximum Gasteiger partial charge on any atom is 0.410 e. The molecule has 1 aliphatic rings. The smallest absolute Gasteiger partial charge is 0.410 e. The minimum Gasteiger partial charge on any atom is -0.460 e. The van der Waals surface area contributed by atoms with Crippen molar-refractivity contribution < 1.29 is 33.4 Å². The molecule has 2 atom stereocenters. The highest BCUT2D eigenvalue weighted by Gasteiger charge is 2.35. The van der Waals surface area contributed by atoms with Crippen LogP contribution in [0.15, 0.2) is 6.20 Å². The highest BCUT2D eigenvalue weighted by molar-refractivity contribution is 7.98. The number of alkyl carbamates (subject to hydrolysis) is 1. The van der Waals surface area contributed by atoms with Crippen LogP contribution in [0.2, 0.25) is 0 Å². The van der Waals surface area contributed by atoms with Gasteiger partial charge in [0.1, 0.15) is 28.5 Å². The molecule has 1 aliphatic heterocycles. The van der Waals surface area contributed by atoms with Crippen molar-refractivity contribution in [2.75, 3.05) is 38.2 Å². The van der Waals surface area contributed by atoms with Crippen LogP contribution in [0.3, 0.4) is 0 Å². The number of thioether (sulfide) groups is 1. The van der Waals surface area contributed by atoms with E-state index in [2.05, 4.69) is 15.6 Å². The van der Waals surface area contributed by atoms with Crippen LogP contribution in [-0.4, -0.2) is 104 Å². The predicted octanol–water partition coefficient (Wildman–Crippen LogP) is 3.95. The summed E-state index contributed by atoms with van der Waals surface area (Å²) in [6.45, 7) is 17.1. The molecule has 2 heterocycles. The maximum absolute atomic E-state index is 13.8. The molecule has 1 fully saturated rings. The summed E-state index contributed by atoms with van der Waals surface area (Å²) < 4.78 is 17.7. The van der Waals surface area contributed by atoms with Gasteiger partial charge >= 0.3 is 18.2 Å². The van der Waals surface area contributed by atoms with Crippen molar-refractivity contribution in [3.8, 4) is 0 Å². The fraction of sp³-hybridized carbons (Fsp3) is 0.786. The van der Waals surface area contributed by atoms with Crippen LogP contribution in [0.5, 0.6) is 0 Å². The van der Waals surface area contributed by atoms with Crippen LogP contribution in [0, 0.1) is 0 Å². The van der Waals surface area contributed by atoms with Gasteiger partial charge in [-0.25, -0.2) is 14.3 Å². The molecule has 1 aromatic heterocycles. The van der Waals surface area contributed by atoms with Crippen LogP contribution >= 0.6 is 11.8 Å². The van der Waals surface area contributed by atoms with Crippen molar-refractivity contribution in [2.45, 2.75) is 104 Å². The second kappa shape index (κ2) is 14.4. The van der Waals surface area contributed by atoms with Gasteiger partial charge < -0.3 is 29.3 Å². The summed E-state index contributed by atoms with van der Waals surface area (Å²) in [4.78, 5) is 54.8. The molecule has 1 aromatic rings. The summed E-state index contributed by atoms with van der Waals surface area (Å²) >= 11 is 1.61. The van der Waals surface area contributed by atoms with Gasteiger partial charge in [0.05, 0.1) is 18.7 Å². The van der Waals surface area contributed by atoms with E-state index in [-0.39, 0.29) is 25.4 Å². The summed E-state index contributed by atoms with van der Waals surface area (Å²) in [7, 11) is 0. The Labute approximate surface area is 253 Å². The van der Waals surface area contributed by atoms with Crippen LogP contribution in [0.4, 0.5) is 9.59 Å². The molecule has 14 heteroatoms. The van der Waals surface area contributed by atoms with Gasteiger partial charge in [0.25, 0.3) is 0 Å². The zero-order chi connectivity index (χ0) is 31.9. The molecule has 0 bridgehead atoms. The molecule has 0 aromatic carbocycles. The minimum atomic E-state index is -1.03. The molecule has 1 saturated heterocycles. The summed E-state index contributed by atoms with van der Waals surface area (Å²) in [6.07, 6.45) is 2.80. The fourth-order valence-corrected chi connectivity index (χ4v) is 4.53. The van der Waals surface area contributed by atoms with Gasteiger partial charge in [0.2, 0.25) is 5.91 Å². The first-order chi connectivity index (χ1) is 19.3. The molecule has 42 heavy (non-hydrogen) atoms. The van der Waals surface area contributed by atoms with E-state index in [4.69, 9.17) is 14.2 Å². The Morgan fingerprint density at radius 3 is 1.95 bits per heavy atom. The first-order valence-electron chi connectivity index (χ1n) is 14.2. The van der Waals surface area contributed by atoms with Gasteiger partial charge in [-0.3, -0.25) is 9.59 Å². The number of nitrogens with one attached hydrogen (secondary N) is 1. The number of hydrogen-bond acceptors (Lipinski definition) is 10. The number of aromatic nitrogens is 3. The second-order valence-corrected chi connectivity index (χ2v) is 14.2. The monoisotopic (exact) mass is 612 g/mol. The Bertz CT molecular complexity index is 1080. The number of amides is 3. The van der Waals surface area contributed by atoms with Crippen molar-refractivity contribution in [3.05, 3.63) is 11.9 Å². The number of carbonyl (C=O) groups excluding carboxylic acids is 4. The lowest BCUT2D eigenvalue weighted by atomic mass is 10.1. The Kier molecular flexibility index (Phi) is 12.1. The molecule has 13 nitrogen and oxygen atoms in total. The molecule has 0 unspecified atom stereocenters. The van der Waals surface area contributed by atoms with E-state index in [0.717, 1.165) is 5.75 Å². The molecule has 1 N–H and O–H groups in total. The summed E-state index contributed by atoms with van der Waals surface area (Å²) in [5.41, 5.74) is -1.60. The van der Waals surface area contributed by atoms with Gasteiger partial charge in [-0.05, 0) is 80.7 Å². The lowest BCUT2D eigenvalue weighted by Crippen LogP contribution is -2.53. The zero-order valence-corrected chi connectivity index (χ0v) is 27.5. The molecule has 3 amide bonds. The van der Waals surface area contributed by atoms with E-state index < -0.39 is 47.0 Å². The third-order valence-electron chi connectivity index (χ3n) is 5.81. The quantitative estimate of drug-likeness (QED) is 0.321. The number of esters is 1.